The number of benzene rings is 1. The normalized spacial score (nSPS) is 15.6. The third-order valence-electron chi connectivity index (χ3n) is 4.30. The van der Waals surface area contributed by atoms with Crippen LogP contribution in [0.3, 0.4) is 0 Å². The number of rotatable bonds is 6. The Labute approximate surface area is 161 Å². The molecule has 2 rings (SSSR count). The third kappa shape index (κ3) is 5.52. The van der Waals surface area contributed by atoms with Gasteiger partial charge in [0, 0.05) is 30.7 Å². The molecule has 150 valence electrons. The first kappa shape index (κ1) is 21.4. The maximum Gasteiger partial charge on any atom is 0.254 e. The van der Waals surface area contributed by atoms with Gasteiger partial charge in [0.1, 0.15) is 0 Å². The van der Waals surface area contributed by atoms with Crippen molar-refractivity contribution in [1.82, 2.24) is 14.5 Å². The average Bonchev–Trinajstić information content (AvgIpc) is 3.13. The van der Waals surface area contributed by atoms with Gasteiger partial charge in [0.15, 0.2) is 0 Å². The van der Waals surface area contributed by atoms with E-state index in [0.29, 0.717) is 19.6 Å². The number of amides is 2. The molecule has 0 atom stereocenters. The molecule has 1 aliphatic heterocycles. The molecule has 0 aliphatic carbocycles. The maximum absolute atomic E-state index is 12.8. The smallest absolute Gasteiger partial charge is 0.254 e. The molecule has 1 aromatic carbocycles. The van der Waals surface area contributed by atoms with Crippen molar-refractivity contribution < 1.29 is 18.0 Å². The van der Waals surface area contributed by atoms with Gasteiger partial charge in [0.05, 0.1) is 11.4 Å². The van der Waals surface area contributed by atoms with E-state index in [4.69, 9.17) is 0 Å². The van der Waals surface area contributed by atoms with Crippen LogP contribution in [0.1, 0.15) is 50.9 Å². The Morgan fingerprint density at radius 3 is 2.37 bits per heavy atom. The lowest BCUT2D eigenvalue weighted by atomic mass is 10.1. The average molecular weight is 396 g/mol. The number of carbonyl (C=O) groups is 2. The Balaban J connectivity index is 2.19. The van der Waals surface area contributed by atoms with Crippen LogP contribution < -0.4 is 5.32 Å². The van der Waals surface area contributed by atoms with Gasteiger partial charge in [-0.1, -0.05) is 6.07 Å². The topological polar surface area (TPSA) is 86.8 Å². The molecule has 0 radical (unpaired) electrons. The standard InChI is InChI=1S/C19H29N3O4S/c1-5-21(14-17(23)20-19(2,3)4)18(24)15-9-8-10-16(13-15)27(25,26)22-11-6-7-12-22/h8-10,13H,5-7,11-12,14H2,1-4H3,(H,20,23). The lowest BCUT2D eigenvalue weighted by Crippen LogP contribution is -2.47. The molecule has 1 fully saturated rings. The van der Waals surface area contributed by atoms with E-state index in [9.17, 15) is 18.0 Å². The van der Waals surface area contributed by atoms with E-state index in [1.165, 1.54) is 21.3 Å². The molecule has 0 aromatic heterocycles. The molecule has 0 saturated carbocycles. The van der Waals surface area contributed by atoms with Crippen LogP contribution in [-0.2, 0) is 14.8 Å². The van der Waals surface area contributed by atoms with Gasteiger partial charge in [-0.2, -0.15) is 4.31 Å². The number of sulfonamides is 1. The summed E-state index contributed by atoms with van der Waals surface area (Å²) in [5, 5.41) is 2.83. The zero-order chi connectivity index (χ0) is 20.2. The molecule has 27 heavy (non-hydrogen) atoms. The number of hydrogen-bond acceptors (Lipinski definition) is 4. The second-order valence-corrected chi connectivity index (χ2v) is 9.69. The van der Waals surface area contributed by atoms with Crippen molar-refractivity contribution in [2.24, 2.45) is 0 Å². The number of hydrogen-bond donors (Lipinski definition) is 1. The van der Waals surface area contributed by atoms with Gasteiger partial charge in [-0.25, -0.2) is 8.42 Å². The summed E-state index contributed by atoms with van der Waals surface area (Å²) in [6.45, 7) is 8.69. The summed E-state index contributed by atoms with van der Waals surface area (Å²) in [4.78, 5) is 26.5. The summed E-state index contributed by atoms with van der Waals surface area (Å²) in [5.41, 5.74) is -0.121. The predicted molar refractivity (Wildman–Crippen MR) is 104 cm³/mol. The van der Waals surface area contributed by atoms with Crippen LogP contribution >= 0.6 is 0 Å². The maximum atomic E-state index is 12.8. The number of nitrogens with one attached hydrogen (secondary N) is 1. The molecule has 1 heterocycles. The van der Waals surface area contributed by atoms with E-state index < -0.39 is 10.0 Å². The van der Waals surface area contributed by atoms with Crippen LogP contribution in [0, 0.1) is 0 Å². The highest BCUT2D eigenvalue weighted by Gasteiger charge is 2.28. The Morgan fingerprint density at radius 2 is 1.81 bits per heavy atom. The molecular weight excluding hydrogens is 366 g/mol. The molecule has 7 nitrogen and oxygen atoms in total. The first-order valence-corrected chi connectivity index (χ1v) is 10.7. The van der Waals surface area contributed by atoms with Crippen LogP contribution in [-0.4, -0.2) is 61.2 Å². The van der Waals surface area contributed by atoms with Gasteiger partial charge in [0.2, 0.25) is 15.9 Å². The molecule has 1 N–H and O–H groups in total. The van der Waals surface area contributed by atoms with Crippen LogP contribution in [0.4, 0.5) is 0 Å². The molecule has 0 spiro atoms. The van der Waals surface area contributed by atoms with Crippen LogP contribution in [0.2, 0.25) is 0 Å². The van der Waals surface area contributed by atoms with E-state index in [1.54, 1.807) is 19.1 Å². The van der Waals surface area contributed by atoms with Crippen molar-refractivity contribution >= 4 is 21.8 Å². The molecule has 1 aromatic rings. The second kappa shape index (κ2) is 8.39. The lowest BCUT2D eigenvalue weighted by molar-refractivity contribution is -0.123. The van der Waals surface area contributed by atoms with Gasteiger partial charge >= 0.3 is 0 Å². The highest BCUT2D eigenvalue weighted by molar-refractivity contribution is 7.89. The summed E-state index contributed by atoms with van der Waals surface area (Å²) < 4.78 is 26.9. The van der Waals surface area contributed by atoms with E-state index >= 15 is 0 Å². The minimum absolute atomic E-state index is 0.0737. The summed E-state index contributed by atoms with van der Waals surface area (Å²) in [7, 11) is -3.59. The highest BCUT2D eigenvalue weighted by atomic mass is 32.2. The minimum atomic E-state index is -3.59. The van der Waals surface area contributed by atoms with Gasteiger partial charge in [-0.3, -0.25) is 9.59 Å². The highest BCUT2D eigenvalue weighted by Crippen LogP contribution is 2.22. The van der Waals surface area contributed by atoms with Gasteiger partial charge < -0.3 is 10.2 Å². The van der Waals surface area contributed by atoms with Gasteiger partial charge in [-0.05, 0) is 58.7 Å². The molecule has 8 heteroatoms. The number of likely N-dealkylation sites (N-methyl/N-ethyl adjacent to an activating group) is 1. The fourth-order valence-electron chi connectivity index (χ4n) is 3.01. The quantitative estimate of drug-likeness (QED) is 0.796. The summed E-state index contributed by atoms with van der Waals surface area (Å²) in [6, 6.07) is 6.06. The molecule has 1 saturated heterocycles. The fraction of sp³-hybridized carbons (Fsp3) is 0.579. The lowest BCUT2D eigenvalue weighted by Gasteiger charge is -2.25. The van der Waals surface area contributed by atoms with E-state index in [2.05, 4.69) is 5.32 Å². The minimum Gasteiger partial charge on any atom is -0.350 e. The predicted octanol–water partition coefficient (Wildman–Crippen LogP) is 1.85. The zero-order valence-electron chi connectivity index (χ0n) is 16.5. The number of carbonyl (C=O) groups excluding carboxylic acids is 2. The molecule has 0 bridgehead atoms. The van der Waals surface area contributed by atoms with Crippen LogP contribution in [0.5, 0.6) is 0 Å². The SMILES string of the molecule is CCN(CC(=O)NC(C)(C)C)C(=O)c1cccc(S(=O)(=O)N2CCCC2)c1. The molecule has 1 aliphatic rings. The van der Waals surface area contributed by atoms with Crippen molar-refractivity contribution in [3.8, 4) is 0 Å². The van der Waals surface area contributed by atoms with Crippen molar-refractivity contribution in [2.75, 3.05) is 26.2 Å². The Kier molecular flexibility index (Phi) is 6.64. The van der Waals surface area contributed by atoms with E-state index in [0.717, 1.165) is 12.8 Å². The largest absolute Gasteiger partial charge is 0.350 e. The Bertz CT molecular complexity index is 793. The van der Waals surface area contributed by atoms with E-state index in [1.807, 2.05) is 20.8 Å². The molecular formula is C19H29N3O4S. The summed E-state index contributed by atoms with van der Waals surface area (Å²) in [6.07, 6.45) is 1.70. The van der Waals surface area contributed by atoms with Crippen molar-refractivity contribution in [2.45, 2.75) is 51.0 Å². The van der Waals surface area contributed by atoms with E-state index in [-0.39, 0.29) is 34.4 Å². The van der Waals surface area contributed by atoms with Crippen molar-refractivity contribution in [3.63, 3.8) is 0 Å². The van der Waals surface area contributed by atoms with Gasteiger partial charge in [0.25, 0.3) is 5.91 Å². The second-order valence-electron chi connectivity index (χ2n) is 7.76. The van der Waals surface area contributed by atoms with Crippen molar-refractivity contribution in [1.29, 1.82) is 0 Å². The van der Waals surface area contributed by atoms with Crippen molar-refractivity contribution in [3.05, 3.63) is 29.8 Å². The first-order chi connectivity index (χ1) is 12.5. The van der Waals surface area contributed by atoms with Crippen LogP contribution in [0.25, 0.3) is 0 Å². The van der Waals surface area contributed by atoms with Crippen LogP contribution in [0.15, 0.2) is 29.2 Å². The zero-order valence-corrected chi connectivity index (χ0v) is 17.3. The molecule has 0 unspecified atom stereocenters. The Morgan fingerprint density at radius 1 is 1.19 bits per heavy atom. The monoisotopic (exact) mass is 395 g/mol. The van der Waals surface area contributed by atoms with Gasteiger partial charge in [-0.15, -0.1) is 0 Å². The third-order valence-corrected chi connectivity index (χ3v) is 6.20. The fourth-order valence-corrected chi connectivity index (χ4v) is 4.57. The first-order valence-electron chi connectivity index (χ1n) is 9.25. The number of nitrogens with zero attached hydrogens (tertiary/aromatic N) is 2. The molecule has 2 amide bonds. The summed E-state index contributed by atoms with van der Waals surface area (Å²) >= 11 is 0. The Hall–Kier alpha value is -1.93. The summed E-state index contributed by atoms with van der Waals surface area (Å²) in [5.74, 6) is -0.612.